The zero-order chi connectivity index (χ0) is 17.8. The summed E-state index contributed by atoms with van der Waals surface area (Å²) >= 11 is 0. The van der Waals surface area contributed by atoms with E-state index in [0.717, 1.165) is 44.5 Å². The van der Waals surface area contributed by atoms with E-state index in [1.807, 2.05) is 12.1 Å². The molecule has 3 atom stereocenters. The van der Waals surface area contributed by atoms with Gasteiger partial charge in [0.05, 0.1) is 5.92 Å². The highest BCUT2D eigenvalue weighted by Gasteiger charge is 2.33. The summed E-state index contributed by atoms with van der Waals surface area (Å²) in [4.78, 5) is 25.5. The number of likely N-dealkylation sites (tertiary alicyclic amines) is 1. The molecule has 6 nitrogen and oxygen atoms in total. The molecule has 0 aromatic heterocycles. The van der Waals surface area contributed by atoms with Gasteiger partial charge in [0.25, 0.3) is 0 Å². The van der Waals surface area contributed by atoms with E-state index in [2.05, 4.69) is 34.6 Å². The highest BCUT2D eigenvalue weighted by Crippen LogP contribution is 2.28. The molecule has 1 aromatic carbocycles. The first-order valence-electron chi connectivity index (χ1n) is 9.15. The zero-order valence-electron chi connectivity index (χ0n) is 14.8. The van der Waals surface area contributed by atoms with Gasteiger partial charge in [0, 0.05) is 25.7 Å². The fourth-order valence-electron chi connectivity index (χ4n) is 3.45. The summed E-state index contributed by atoms with van der Waals surface area (Å²) in [6.45, 7) is 5.19. The molecule has 1 saturated carbocycles. The quantitative estimate of drug-likeness (QED) is 0.732. The minimum absolute atomic E-state index is 0.0351. The van der Waals surface area contributed by atoms with Crippen molar-refractivity contribution in [3.8, 4) is 0 Å². The van der Waals surface area contributed by atoms with E-state index in [0.29, 0.717) is 18.5 Å². The molecular weight excluding hydrogens is 316 g/mol. The van der Waals surface area contributed by atoms with Crippen LogP contribution in [0, 0.1) is 11.8 Å². The number of nitrogens with zero attached hydrogens (tertiary/aromatic N) is 1. The van der Waals surface area contributed by atoms with Crippen molar-refractivity contribution in [1.82, 2.24) is 15.5 Å². The fourth-order valence-corrected chi connectivity index (χ4v) is 3.45. The Kier molecular flexibility index (Phi) is 5.58. The predicted molar refractivity (Wildman–Crippen MR) is 96.6 cm³/mol. The Labute approximate surface area is 149 Å². The van der Waals surface area contributed by atoms with Gasteiger partial charge in [0.2, 0.25) is 5.91 Å². The lowest BCUT2D eigenvalue weighted by Gasteiger charge is -2.31. The number of nitrogens with one attached hydrogen (secondary N) is 2. The molecule has 0 unspecified atom stereocenters. The Morgan fingerprint density at radius 2 is 2.08 bits per heavy atom. The van der Waals surface area contributed by atoms with Crippen molar-refractivity contribution in [2.24, 2.45) is 17.6 Å². The SMILES string of the molecule is C[C@@H]1C[C@@H]1NC(=O)NCc1cccc(CN2CCC[C@@H](C(N)=O)C2)c1. The van der Waals surface area contributed by atoms with E-state index in [1.54, 1.807) is 0 Å². The van der Waals surface area contributed by atoms with Crippen molar-refractivity contribution in [2.45, 2.75) is 45.3 Å². The van der Waals surface area contributed by atoms with E-state index in [1.165, 1.54) is 5.56 Å². The van der Waals surface area contributed by atoms with Crippen molar-refractivity contribution in [3.05, 3.63) is 35.4 Å². The number of nitrogens with two attached hydrogens (primary N) is 1. The van der Waals surface area contributed by atoms with Crippen LogP contribution >= 0.6 is 0 Å². The maximum atomic E-state index is 11.8. The molecule has 6 heteroatoms. The Morgan fingerprint density at radius 3 is 2.80 bits per heavy atom. The number of carbonyl (C=O) groups is 2. The van der Waals surface area contributed by atoms with Crippen LogP contribution in [0.1, 0.15) is 37.3 Å². The van der Waals surface area contributed by atoms with Crippen molar-refractivity contribution in [1.29, 1.82) is 0 Å². The van der Waals surface area contributed by atoms with Gasteiger partial charge in [-0.05, 0) is 42.9 Å². The van der Waals surface area contributed by atoms with E-state index in [9.17, 15) is 9.59 Å². The number of rotatable bonds is 6. The molecule has 1 saturated heterocycles. The molecule has 0 spiro atoms. The van der Waals surface area contributed by atoms with E-state index >= 15 is 0 Å². The molecule has 1 aromatic rings. The number of primary amides is 1. The zero-order valence-corrected chi connectivity index (χ0v) is 14.8. The monoisotopic (exact) mass is 344 g/mol. The van der Waals surface area contributed by atoms with Crippen molar-refractivity contribution >= 4 is 11.9 Å². The van der Waals surface area contributed by atoms with Crippen LogP contribution in [0.5, 0.6) is 0 Å². The molecule has 25 heavy (non-hydrogen) atoms. The van der Waals surface area contributed by atoms with Crippen molar-refractivity contribution < 1.29 is 9.59 Å². The van der Waals surface area contributed by atoms with E-state index in [-0.39, 0.29) is 17.9 Å². The molecule has 2 aliphatic rings. The third-order valence-electron chi connectivity index (χ3n) is 5.18. The van der Waals surface area contributed by atoms with Crippen LogP contribution in [0.2, 0.25) is 0 Å². The summed E-state index contributed by atoms with van der Waals surface area (Å²) in [5.41, 5.74) is 7.73. The Hall–Kier alpha value is -2.08. The molecule has 2 fully saturated rings. The normalized spacial score (nSPS) is 26.0. The number of urea groups is 1. The van der Waals surface area contributed by atoms with Gasteiger partial charge in [-0.1, -0.05) is 31.2 Å². The summed E-state index contributed by atoms with van der Waals surface area (Å²) < 4.78 is 0. The lowest BCUT2D eigenvalue weighted by molar-refractivity contribution is -0.123. The van der Waals surface area contributed by atoms with E-state index in [4.69, 9.17) is 5.73 Å². The second kappa shape index (κ2) is 7.87. The number of piperidine rings is 1. The van der Waals surface area contributed by atoms with E-state index < -0.39 is 0 Å². The summed E-state index contributed by atoms with van der Waals surface area (Å²) in [6.07, 6.45) is 2.98. The molecule has 1 aliphatic heterocycles. The van der Waals surface area contributed by atoms with Gasteiger partial charge in [0.1, 0.15) is 0 Å². The van der Waals surface area contributed by atoms with Crippen LogP contribution in [-0.2, 0) is 17.9 Å². The number of amides is 3. The maximum Gasteiger partial charge on any atom is 0.315 e. The van der Waals surface area contributed by atoms with Crippen molar-refractivity contribution in [2.75, 3.05) is 13.1 Å². The van der Waals surface area contributed by atoms with Crippen LogP contribution in [-0.4, -0.2) is 36.0 Å². The maximum absolute atomic E-state index is 11.8. The number of hydrogen-bond donors (Lipinski definition) is 3. The Balaban J connectivity index is 1.49. The van der Waals surface area contributed by atoms with Gasteiger partial charge in [-0.3, -0.25) is 9.69 Å². The highest BCUT2D eigenvalue weighted by atomic mass is 16.2. The Morgan fingerprint density at radius 1 is 1.32 bits per heavy atom. The highest BCUT2D eigenvalue weighted by molar-refractivity contribution is 5.77. The summed E-state index contributed by atoms with van der Waals surface area (Å²) in [5, 5.41) is 5.89. The number of hydrogen-bond acceptors (Lipinski definition) is 3. The van der Waals surface area contributed by atoms with Gasteiger partial charge in [-0.25, -0.2) is 4.79 Å². The Bertz CT molecular complexity index is 634. The summed E-state index contributed by atoms with van der Waals surface area (Å²) in [6, 6.07) is 8.48. The molecule has 136 valence electrons. The predicted octanol–water partition coefficient (Wildman–Crippen LogP) is 1.59. The average molecular weight is 344 g/mol. The lowest BCUT2D eigenvalue weighted by atomic mass is 9.97. The van der Waals surface area contributed by atoms with Crippen molar-refractivity contribution in [3.63, 3.8) is 0 Å². The molecule has 0 radical (unpaired) electrons. The van der Waals surface area contributed by atoms with Gasteiger partial charge in [-0.15, -0.1) is 0 Å². The van der Waals surface area contributed by atoms with Crippen LogP contribution in [0.4, 0.5) is 4.79 Å². The summed E-state index contributed by atoms with van der Waals surface area (Å²) in [5.74, 6) is 0.369. The number of carbonyl (C=O) groups excluding carboxylic acids is 2. The van der Waals surface area contributed by atoms with Gasteiger partial charge in [-0.2, -0.15) is 0 Å². The smallest absolute Gasteiger partial charge is 0.315 e. The lowest BCUT2D eigenvalue weighted by Crippen LogP contribution is -2.40. The second-order valence-corrected chi connectivity index (χ2v) is 7.44. The molecule has 0 bridgehead atoms. The molecule has 3 rings (SSSR count). The number of benzene rings is 1. The minimum atomic E-state index is -0.196. The average Bonchev–Trinajstić information content (AvgIpc) is 3.28. The van der Waals surface area contributed by atoms with Crippen LogP contribution < -0.4 is 16.4 Å². The molecule has 1 heterocycles. The largest absolute Gasteiger partial charge is 0.369 e. The van der Waals surface area contributed by atoms with Gasteiger partial charge in [0.15, 0.2) is 0 Å². The third-order valence-corrected chi connectivity index (χ3v) is 5.18. The molecule has 1 aliphatic carbocycles. The minimum Gasteiger partial charge on any atom is -0.369 e. The summed E-state index contributed by atoms with van der Waals surface area (Å²) in [7, 11) is 0. The molecule has 4 N–H and O–H groups in total. The molecular formula is C19H28N4O2. The van der Waals surface area contributed by atoms with Crippen LogP contribution in [0.3, 0.4) is 0 Å². The standard InChI is InChI=1S/C19H28N4O2/c1-13-8-17(13)22-19(25)21-10-14-4-2-5-15(9-14)11-23-7-3-6-16(12-23)18(20)24/h2,4-5,9,13,16-17H,3,6-8,10-12H2,1H3,(H2,20,24)(H2,21,22,25)/t13-,16-,17+/m1/s1. The van der Waals surface area contributed by atoms with Gasteiger partial charge >= 0.3 is 6.03 Å². The molecule has 3 amide bonds. The first-order valence-corrected chi connectivity index (χ1v) is 9.15. The third kappa shape index (κ3) is 5.19. The van der Waals surface area contributed by atoms with Crippen LogP contribution in [0.15, 0.2) is 24.3 Å². The first-order chi connectivity index (χ1) is 12.0. The van der Waals surface area contributed by atoms with Crippen LogP contribution in [0.25, 0.3) is 0 Å². The first kappa shape index (κ1) is 17.7. The van der Waals surface area contributed by atoms with Gasteiger partial charge < -0.3 is 16.4 Å². The second-order valence-electron chi connectivity index (χ2n) is 7.44. The topological polar surface area (TPSA) is 87.5 Å². The fraction of sp³-hybridized carbons (Fsp3) is 0.579.